The minimum absolute atomic E-state index is 0.132. The van der Waals surface area contributed by atoms with Gasteiger partial charge in [0.2, 0.25) is 10.0 Å². The third-order valence-corrected chi connectivity index (χ3v) is 2.41. The maximum absolute atomic E-state index is 10.9. The van der Waals surface area contributed by atoms with Crippen LogP contribution in [-0.4, -0.2) is 13.5 Å². The lowest BCUT2D eigenvalue weighted by atomic mass is 10.2. The molecule has 1 rings (SSSR count). The average molecular weight is 202 g/mol. The minimum atomic E-state index is -3.77. The number of rotatable bonds is 2. The number of hydrogen-bond acceptors (Lipinski definition) is 4. The van der Waals surface area contributed by atoms with Crippen molar-refractivity contribution < 1.29 is 13.5 Å². The van der Waals surface area contributed by atoms with Crippen LogP contribution in [0.1, 0.15) is 5.56 Å². The second-order valence-electron chi connectivity index (χ2n) is 2.58. The molecule has 0 bridgehead atoms. The number of phenols is 1. The summed E-state index contributed by atoms with van der Waals surface area (Å²) in [5, 5.41) is 14.0. The Kier molecular flexibility index (Phi) is 2.55. The Hall–Kier alpha value is -1.11. The SMILES string of the molecule is NCc1cc(O)cc(S(N)(=O)=O)c1. The van der Waals surface area contributed by atoms with Gasteiger partial charge in [-0.2, -0.15) is 0 Å². The molecule has 5 N–H and O–H groups in total. The van der Waals surface area contributed by atoms with Crippen LogP contribution < -0.4 is 10.9 Å². The molecule has 13 heavy (non-hydrogen) atoms. The van der Waals surface area contributed by atoms with Gasteiger partial charge in [-0.1, -0.05) is 0 Å². The first-order valence-corrected chi connectivity index (χ1v) is 5.04. The van der Waals surface area contributed by atoms with E-state index in [1.165, 1.54) is 12.1 Å². The second kappa shape index (κ2) is 3.33. The highest BCUT2D eigenvalue weighted by Gasteiger charge is 2.09. The van der Waals surface area contributed by atoms with Crippen molar-refractivity contribution in [3.63, 3.8) is 0 Å². The zero-order chi connectivity index (χ0) is 10.1. The molecule has 0 fully saturated rings. The topological polar surface area (TPSA) is 106 Å². The quantitative estimate of drug-likeness (QED) is 0.600. The van der Waals surface area contributed by atoms with Crippen molar-refractivity contribution >= 4 is 10.0 Å². The summed E-state index contributed by atoms with van der Waals surface area (Å²) in [6.45, 7) is 0.150. The van der Waals surface area contributed by atoms with Gasteiger partial charge in [0.15, 0.2) is 0 Å². The standard InChI is InChI=1S/C7H10N2O3S/c8-4-5-1-6(10)3-7(2-5)13(9,11)12/h1-3,10H,4,8H2,(H2,9,11,12). The first-order chi connectivity index (χ1) is 5.93. The Bertz CT molecular complexity index is 414. The Morgan fingerprint density at radius 1 is 1.31 bits per heavy atom. The van der Waals surface area contributed by atoms with Gasteiger partial charge in [0, 0.05) is 6.54 Å². The summed E-state index contributed by atoms with van der Waals surface area (Å²) in [6.07, 6.45) is 0. The van der Waals surface area contributed by atoms with Crippen LogP contribution >= 0.6 is 0 Å². The maximum atomic E-state index is 10.9. The minimum Gasteiger partial charge on any atom is -0.508 e. The molecule has 0 aliphatic rings. The number of benzene rings is 1. The fourth-order valence-corrected chi connectivity index (χ4v) is 1.53. The van der Waals surface area contributed by atoms with Gasteiger partial charge in [0.1, 0.15) is 5.75 Å². The van der Waals surface area contributed by atoms with Crippen LogP contribution in [0.2, 0.25) is 0 Å². The third kappa shape index (κ3) is 2.41. The first kappa shape index (κ1) is 9.97. The van der Waals surface area contributed by atoms with Crippen LogP contribution in [0.3, 0.4) is 0 Å². The number of primary sulfonamides is 1. The molecule has 0 unspecified atom stereocenters. The van der Waals surface area contributed by atoms with E-state index in [0.29, 0.717) is 5.56 Å². The van der Waals surface area contributed by atoms with Crippen molar-refractivity contribution in [3.05, 3.63) is 23.8 Å². The molecule has 5 nitrogen and oxygen atoms in total. The van der Waals surface area contributed by atoms with Gasteiger partial charge in [-0.15, -0.1) is 0 Å². The lowest BCUT2D eigenvalue weighted by Crippen LogP contribution is -2.12. The van der Waals surface area contributed by atoms with E-state index in [0.717, 1.165) is 6.07 Å². The van der Waals surface area contributed by atoms with Gasteiger partial charge in [-0.3, -0.25) is 0 Å². The van der Waals surface area contributed by atoms with Crippen molar-refractivity contribution in [2.45, 2.75) is 11.4 Å². The number of hydrogen-bond donors (Lipinski definition) is 3. The highest BCUT2D eigenvalue weighted by Crippen LogP contribution is 2.18. The van der Waals surface area contributed by atoms with Crippen LogP contribution in [0, 0.1) is 0 Å². The molecular formula is C7H10N2O3S. The van der Waals surface area contributed by atoms with Crippen LogP contribution in [-0.2, 0) is 16.6 Å². The predicted molar refractivity (Wildman–Crippen MR) is 47.4 cm³/mol. The van der Waals surface area contributed by atoms with Crippen molar-refractivity contribution in [1.29, 1.82) is 0 Å². The van der Waals surface area contributed by atoms with Crippen LogP contribution in [0.4, 0.5) is 0 Å². The van der Waals surface area contributed by atoms with Gasteiger partial charge in [0.25, 0.3) is 0 Å². The fourth-order valence-electron chi connectivity index (χ4n) is 0.926. The van der Waals surface area contributed by atoms with E-state index in [9.17, 15) is 8.42 Å². The van der Waals surface area contributed by atoms with Crippen molar-refractivity contribution in [2.24, 2.45) is 10.9 Å². The molecule has 0 radical (unpaired) electrons. The summed E-state index contributed by atoms with van der Waals surface area (Å²) >= 11 is 0. The molecule has 0 amide bonds. The average Bonchev–Trinajstić information content (AvgIpc) is 2.01. The zero-order valence-electron chi connectivity index (χ0n) is 6.77. The summed E-state index contributed by atoms with van der Waals surface area (Å²) in [4.78, 5) is -0.132. The zero-order valence-corrected chi connectivity index (χ0v) is 7.58. The normalized spacial score (nSPS) is 11.5. The molecule has 0 saturated carbocycles. The van der Waals surface area contributed by atoms with E-state index in [1.807, 2.05) is 0 Å². The number of phenolic OH excluding ortho intramolecular Hbond substituents is 1. The predicted octanol–water partition coefficient (Wildman–Crippen LogP) is -0.502. The molecule has 0 atom stereocenters. The highest BCUT2D eigenvalue weighted by atomic mass is 32.2. The molecule has 0 heterocycles. The van der Waals surface area contributed by atoms with Crippen LogP contribution in [0.25, 0.3) is 0 Å². The summed E-state index contributed by atoms with van der Waals surface area (Å²) in [6, 6.07) is 3.79. The summed E-state index contributed by atoms with van der Waals surface area (Å²) in [5.74, 6) is -0.160. The summed E-state index contributed by atoms with van der Waals surface area (Å²) < 4.78 is 21.8. The van der Waals surface area contributed by atoms with Crippen LogP contribution in [0.15, 0.2) is 23.1 Å². The van der Waals surface area contributed by atoms with E-state index in [2.05, 4.69) is 0 Å². The van der Waals surface area contributed by atoms with Gasteiger partial charge in [-0.05, 0) is 23.8 Å². The largest absolute Gasteiger partial charge is 0.508 e. The molecule has 0 saturated heterocycles. The highest BCUT2D eigenvalue weighted by molar-refractivity contribution is 7.89. The van der Waals surface area contributed by atoms with Gasteiger partial charge in [-0.25, -0.2) is 13.6 Å². The van der Waals surface area contributed by atoms with Gasteiger partial charge in [0.05, 0.1) is 4.90 Å². The van der Waals surface area contributed by atoms with Crippen molar-refractivity contribution in [1.82, 2.24) is 0 Å². The maximum Gasteiger partial charge on any atom is 0.238 e. The van der Waals surface area contributed by atoms with E-state index in [1.54, 1.807) is 0 Å². The fraction of sp³-hybridized carbons (Fsp3) is 0.143. The Balaban J connectivity index is 3.33. The third-order valence-electron chi connectivity index (χ3n) is 1.52. The summed E-state index contributed by atoms with van der Waals surface area (Å²) in [5.41, 5.74) is 5.80. The molecule has 72 valence electrons. The van der Waals surface area contributed by atoms with E-state index < -0.39 is 10.0 Å². The Morgan fingerprint density at radius 2 is 1.92 bits per heavy atom. The number of sulfonamides is 1. The Labute approximate surface area is 76.0 Å². The van der Waals surface area contributed by atoms with Gasteiger partial charge < -0.3 is 10.8 Å². The molecule has 0 spiro atoms. The molecule has 0 aliphatic carbocycles. The molecule has 6 heteroatoms. The lowest BCUT2D eigenvalue weighted by molar-refractivity contribution is 0.472. The second-order valence-corrected chi connectivity index (χ2v) is 4.15. The monoisotopic (exact) mass is 202 g/mol. The molecule has 1 aromatic rings. The van der Waals surface area contributed by atoms with E-state index >= 15 is 0 Å². The van der Waals surface area contributed by atoms with Crippen molar-refractivity contribution in [3.8, 4) is 5.75 Å². The summed E-state index contributed by atoms with van der Waals surface area (Å²) in [7, 11) is -3.77. The molecule has 0 aromatic heterocycles. The van der Waals surface area contributed by atoms with E-state index in [4.69, 9.17) is 16.0 Å². The van der Waals surface area contributed by atoms with Crippen molar-refractivity contribution in [2.75, 3.05) is 0 Å². The first-order valence-electron chi connectivity index (χ1n) is 3.49. The smallest absolute Gasteiger partial charge is 0.238 e. The lowest BCUT2D eigenvalue weighted by Gasteiger charge is -2.02. The molecule has 0 aliphatic heterocycles. The molecule has 1 aromatic carbocycles. The Morgan fingerprint density at radius 3 is 2.38 bits per heavy atom. The number of aromatic hydroxyl groups is 1. The van der Waals surface area contributed by atoms with Gasteiger partial charge >= 0.3 is 0 Å². The molecular weight excluding hydrogens is 192 g/mol. The van der Waals surface area contributed by atoms with Crippen LogP contribution in [0.5, 0.6) is 5.75 Å². The van der Waals surface area contributed by atoms with E-state index in [-0.39, 0.29) is 17.2 Å². The number of nitrogens with two attached hydrogens (primary N) is 2.